The minimum Gasteiger partial charge on any atom is -0.298 e. The summed E-state index contributed by atoms with van der Waals surface area (Å²) in [5.41, 5.74) is 6.26. The summed E-state index contributed by atoms with van der Waals surface area (Å²) in [4.78, 5) is 10.8. The number of rotatable bonds is 6. The van der Waals surface area contributed by atoms with Crippen molar-refractivity contribution in [1.29, 1.82) is 0 Å². The quantitative estimate of drug-likeness (QED) is 0.701. The van der Waals surface area contributed by atoms with E-state index >= 15 is 0 Å². The second-order valence-corrected chi connectivity index (χ2v) is 5.33. The van der Waals surface area contributed by atoms with Gasteiger partial charge in [0.05, 0.1) is 0 Å². The van der Waals surface area contributed by atoms with E-state index in [9.17, 15) is 4.79 Å². The van der Waals surface area contributed by atoms with Gasteiger partial charge in [0, 0.05) is 5.56 Å². The van der Waals surface area contributed by atoms with E-state index < -0.39 is 0 Å². The first-order valence-corrected chi connectivity index (χ1v) is 7.35. The van der Waals surface area contributed by atoms with Gasteiger partial charge >= 0.3 is 0 Å². The number of benzene rings is 2. The summed E-state index contributed by atoms with van der Waals surface area (Å²) in [6.45, 7) is 4.38. The number of aryl methyl sites for hydroxylation is 4. The molecular weight excluding hydrogens is 244 g/mol. The largest absolute Gasteiger partial charge is 0.298 e. The summed E-state index contributed by atoms with van der Waals surface area (Å²) in [5.74, 6) is 0. The second kappa shape index (κ2) is 7.04. The molecule has 0 aromatic heterocycles. The minimum atomic E-state index is 0.769. The van der Waals surface area contributed by atoms with Crippen molar-refractivity contribution >= 4 is 6.29 Å². The molecule has 0 spiro atoms. The molecule has 0 N–H and O–H groups in total. The predicted octanol–water partition coefficient (Wildman–Crippen LogP) is 4.55. The van der Waals surface area contributed by atoms with Crippen LogP contribution in [-0.4, -0.2) is 6.29 Å². The van der Waals surface area contributed by atoms with Gasteiger partial charge in [-0.05, 0) is 60.9 Å². The zero-order chi connectivity index (χ0) is 14.4. The molecule has 0 saturated heterocycles. The van der Waals surface area contributed by atoms with E-state index in [0.29, 0.717) is 0 Å². The van der Waals surface area contributed by atoms with Gasteiger partial charge < -0.3 is 0 Å². The van der Waals surface area contributed by atoms with Crippen LogP contribution in [0.1, 0.15) is 46.0 Å². The molecule has 2 aromatic rings. The van der Waals surface area contributed by atoms with Crippen LogP contribution in [0, 0.1) is 6.92 Å². The average Bonchev–Trinajstić information content (AvgIpc) is 2.49. The molecule has 1 nitrogen and oxygen atoms in total. The number of hydrogen-bond acceptors (Lipinski definition) is 1. The van der Waals surface area contributed by atoms with E-state index in [1.807, 2.05) is 18.2 Å². The molecule has 0 atom stereocenters. The lowest BCUT2D eigenvalue weighted by atomic mass is 9.98. The maximum Gasteiger partial charge on any atom is 0.150 e. The van der Waals surface area contributed by atoms with E-state index in [4.69, 9.17) is 0 Å². The topological polar surface area (TPSA) is 17.1 Å². The number of aldehydes is 1. The molecule has 104 valence electrons. The third-order valence-electron chi connectivity index (χ3n) is 3.81. The average molecular weight is 266 g/mol. The van der Waals surface area contributed by atoms with Crippen LogP contribution in [0.5, 0.6) is 0 Å². The smallest absolute Gasteiger partial charge is 0.150 e. The van der Waals surface area contributed by atoms with Gasteiger partial charge in [-0.15, -0.1) is 0 Å². The fourth-order valence-electron chi connectivity index (χ4n) is 2.56. The van der Waals surface area contributed by atoms with E-state index in [-0.39, 0.29) is 0 Å². The van der Waals surface area contributed by atoms with E-state index in [1.165, 1.54) is 22.3 Å². The van der Waals surface area contributed by atoms with Gasteiger partial charge in [0.25, 0.3) is 0 Å². The van der Waals surface area contributed by atoms with Gasteiger partial charge in [-0.1, -0.05) is 43.3 Å². The molecule has 0 aliphatic carbocycles. The van der Waals surface area contributed by atoms with E-state index in [2.05, 4.69) is 38.1 Å². The molecule has 0 aliphatic heterocycles. The van der Waals surface area contributed by atoms with Crippen molar-refractivity contribution < 1.29 is 4.79 Å². The Balaban J connectivity index is 1.94. The zero-order valence-electron chi connectivity index (χ0n) is 12.4. The lowest BCUT2D eigenvalue weighted by molar-refractivity contribution is 0.112. The monoisotopic (exact) mass is 266 g/mol. The highest BCUT2D eigenvalue weighted by Gasteiger charge is 2.01. The first kappa shape index (κ1) is 14.5. The zero-order valence-corrected chi connectivity index (χ0v) is 12.4. The Kier molecular flexibility index (Phi) is 5.11. The fraction of sp³-hybridized carbons (Fsp3) is 0.316. The number of carbonyl (C=O) groups excluding carboxylic acids is 1. The van der Waals surface area contributed by atoms with Crippen LogP contribution < -0.4 is 0 Å². The van der Waals surface area contributed by atoms with Crippen LogP contribution in [0.15, 0.2) is 42.5 Å². The highest BCUT2D eigenvalue weighted by Crippen LogP contribution is 2.15. The number of carbonyl (C=O) groups is 1. The maximum absolute atomic E-state index is 10.8. The van der Waals surface area contributed by atoms with Crippen LogP contribution in [0.4, 0.5) is 0 Å². The van der Waals surface area contributed by atoms with Crippen LogP contribution in [-0.2, 0) is 19.3 Å². The predicted molar refractivity (Wildman–Crippen MR) is 84.4 cm³/mol. The van der Waals surface area contributed by atoms with Gasteiger partial charge in [0.1, 0.15) is 6.29 Å². The van der Waals surface area contributed by atoms with Crippen molar-refractivity contribution in [2.75, 3.05) is 0 Å². The molecule has 0 amide bonds. The lowest BCUT2D eigenvalue weighted by Gasteiger charge is -2.08. The summed E-state index contributed by atoms with van der Waals surface area (Å²) in [6.07, 6.45) is 5.25. The van der Waals surface area contributed by atoms with E-state index in [0.717, 1.165) is 37.5 Å². The van der Waals surface area contributed by atoms with Gasteiger partial charge in [-0.2, -0.15) is 0 Å². The normalized spacial score (nSPS) is 10.5. The molecule has 2 rings (SSSR count). The van der Waals surface area contributed by atoms with Crippen molar-refractivity contribution in [1.82, 2.24) is 0 Å². The second-order valence-electron chi connectivity index (χ2n) is 5.33. The third-order valence-corrected chi connectivity index (χ3v) is 3.81. The SMILES string of the molecule is CCc1ccc(CCCc2cccc(C=O)c2)c(C)c1. The van der Waals surface area contributed by atoms with Gasteiger partial charge in [0.15, 0.2) is 0 Å². The Morgan fingerprint density at radius 3 is 2.55 bits per heavy atom. The standard InChI is InChI=1S/C19H22O/c1-3-16-10-11-19(15(2)12-16)9-5-7-17-6-4-8-18(13-17)14-20/h4,6,8,10-14H,3,5,7,9H2,1-2H3. The molecule has 0 heterocycles. The van der Waals surface area contributed by atoms with E-state index in [1.54, 1.807) is 0 Å². The van der Waals surface area contributed by atoms with Crippen LogP contribution in [0.2, 0.25) is 0 Å². The summed E-state index contributed by atoms with van der Waals surface area (Å²) in [5, 5.41) is 0. The lowest BCUT2D eigenvalue weighted by Crippen LogP contribution is -1.95. The highest BCUT2D eigenvalue weighted by molar-refractivity contribution is 5.74. The van der Waals surface area contributed by atoms with Crippen molar-refractivity contribution in [3.8, 4) is 0 Å². The van der Waals surface area contributed by atoms with Crippen LogP contribution in [0.3, 0.4) is 0 Å². The molecule has 0 fully saturated rings. The Morgan fingerprint density at radius 1 is 1.00 bits per heavy atom. The molecular formula is C19H22O. The van der Waals surface area contributed by atoms with Gasteiger partial charge in [-0.3, -0.25) is 4.79 Å². The molecule has 0 unspecified atom stereocenters. The molecule has 0 radical (unpaired) electrons. The number of hydrogen-bond donors (Lipinski definition) is 0. The fourth-order valence-corrected chi connectivity index (χ4v) is 2.56. The summed E-state index contributed by atoms with van der Waals surface area (Å²) >= 11 is 0. The molecule has 1 heteroatoms. The molecule has 0 aliphatic rings. The molecule has 2 aromatic carbocycles. The van der Waals surface area contributed by atoms with Crippen molar-refractivity contribution in [2.45, 2.75) is 39.5 Å². The Labute approximate surface area is 121 Å². The highest BCUT2D eigenvalue weighted by atomic mass is 16.1. The van der Waals surface area contributed by atoms with Crippen molar-refractivity contribution in [2.24, 2.45) is 0 Å². The third kappa shape index (κ3) is 3.80. The first-order chi connectivity index (χ1) is 9.72. The molecule has 0 bridgehead atoms. The van der Waals surface area contributed by atoms with Crippen molar-refractivity contribution in [3.05, 3.63) is 70.3 Å². The maximum atomic E-state index is 10.8. The van der Waals surface area contributed by atoms with Crippen molar-refractivity contribution in [3.63, 3.8) is 0 Å². The van der Waals surface area contributed by atoms with Crippen LogP contribution in [0.25, 0.3) is 0 Å². The Bertz CT molecular complexity index is 584. The Hall–Kier alpha value is -1.89. The Morgan fingerprint density at radius 2 is 1.85 bits per heavy atom. The van der Waals surface area contributed by atoms with Crippen LogP contribution >= 0.6 is 0 Å². The summed E-state index contributed by atoms with van der Waals surface area (Å²) in [6, 6.07) is 14.7. The minimum absolute atomic E-state index is 0.769. The summed E-state index contributed by atoms with van der Waals surface area (Å²) < 4.78 is 0. The summed E-state index contributed by atoms with van der Waals surface area (Å²) in [7, 11) is 0. The first-order valence-electron chi connectivity index (χ1n) is 7.35. The van der Waals surface area contributed by atoms with Gasteiger partial charge in [0.2, 0.25) is 0 Å². The van der Waals surface area contributed by atoms with Gasteiger partial charge in [-0.25, -0.2) is 0 Å². The molecule has 20 heavy (non-hydrogen) atoms. The molecule has 0 saturated carbocycles.